The van der Waals surface area contributed by atoms with Gasteiger partial charge in [0.15, 0.2) is 0 Å². The Morgan fingerprint density at radius 1 is 1.17 bits per heavy atom. The average Bonchev–Trinajstić information content (AvgIpc) is 2.96. The van der Waals surface area contributed by atoms with E-state index in [0.717, 1.165) is 22.6 Å². The molecule has 0 saturated heterocycles. The summed E-state index contributed by atoms with van der Waals surface area (Å²) in [4.78, 5) is 21.2. The van der Waals surface area contributed by atoms with Gasteiger partial charge in [0.25, 0.3) is 5.78 Å². The topological polar surface area (TPSA) is 72.2 Å². The van der Waals surface area contributed by atoms with E-state index in [1.165, 1.54) is 11.8 Å². The van der Waals surface area contributed by atoms with E-state index in [1.54, 1.807) is 4.52 Å². The van der Waals surface area contributed by atoms with Crippen LogP contribution in [0.2, 0.25) is 0 Å². The van der Waals surface area contributed by atoms with E-state index >= 15 is 0 Å². The van der Waals surface area contributed by atoms with Gasteiger partial charge >= 0.3 is 0 Å². The molecule has 124 valence electrons. The highest BCUT2D eigenvalue weighted by Gasteiger charge is 2.18. The number of benzene rings is 1. The van der Waals surface area contributed by atoms with E-state index in [4.69, 9.17) is 0 Å². The van der Waals surface area contributed by atoms with E-state index in [1.807, 2.05) is 58.0 Å². The lowest BCUT2D eigenvalue weighted by Gasteiger charge is -2.09. The molecule has 0 aliphatic rings. The molecule has 6 nitrogen and oxygen atoms in total. The van der Waals surface area contributed by atoms with Crippen LogP contribution >= 0.6 is 11.8 Å². The number of nitrogens with zero attached hydrogens (tertiary/aromatic N) is 4. The fourth-order valence-corrected chi connectivity index (χ4v) is 3.01. The Kier molecular flexibility index (Phi) is 4.53. The average molecular weight is 341 g/mol. The summed E-state index contributed by atoms with van der Waals surface area (Å²) in [5.74, 6) is 0.482. The number of aromatic nitrogens is 4. The zero-order chi connectivity index (χ0) is 17.3. The SMILES string of the molecule is Cc1nc2nc(S[C@@H](C)C(=O)Nc3ccccc3)nn2c(C)c1C. The first-order valence-electron chi connectivity index (χ1n) is 7.69. The normalized spacial score (nSPS) is 12.3. The third-order valence-corrected chi connectivity index (χ3v) is 4.89. The fraction of sp³-hybridized carbons (Fsp3) is 0.294. The molecule has 1 N–H and O–H groups in total. The summed E-state index contributed by atoms with van der Waals surface area (Å²) < 4.78 is 1.73. The van der Waals surface area contributed by atoms with Crippen LogP contribution in [-0.2, 0) is 4.79 Å². The van der Waals surface area contributed by atoms with Crippen LogP contribution in [0.4, 0.5) is 5.69 Å². The highest BCUT2D eigenvalue weighted by molar-refractivity contribution is 8.00. The van der Waals surface area contributed by atoms with Crippen LogP contribution in [0.3, 0.4) is 0 Å². The van der Waals surface area contributed by atoms with Crippen molar-refractivity contribution in [3.63, 3.8) is 0 Å². The Bertz CT molecular complexity index is 891. The lowest BCUT2D eigenvalue weighted by molar-refractivity contribution is -0.115. The number of hydrogen-bond acceptors (Lipinski definition) is 5. The fourth-order valence-electron chi connectivity index (χ4n) is 2.26. The second-order valence-electron chi connectivity index (χ2n) is 5.63. The number of aryl methyl sites for hydroxylation is 2. The second kappa shape index (κ2) is 6.60. The van der Waals surface area contributed by atoms with Crippen molar-refractivity contribution in [2.75, 3.05) is 5.32 Å². The van der Waals surface area contributed by atoms with Crippen LogP contribution < -0.4 is 5.32 Å². The zero-order valence-electron chi connectivity index (χ0n) is 14.1. The number of anilines is 1. The van der Waals surface area contributed by atoms with Crippen molar-refractivity contribution in [2.24, 2.45) is 0 Å². The molecule has 7 heteroatoms. The van der Waals surface area contributed by atoms with Crippen molar-refractivity contribution in [1.82, 2.24) is 19.6 Å². The van der Waals surface area contributed by atoms with Crippen molar-refractivity contribution in [3.05, 3.63) is 47.3 Å². The van der Waals surface area contributed by atoms with Crippen molar-refractivity contribution in [2.45, 2.75) is 38.1 Å². The molecule has 0 saturated carbocycles. The first-order chi connectivity index (χ1) is 11.5. The van der Waals surface area contributed by atoms with Crippen LogP contribution in [0.15, 0.2) is 35.5 Å². The van der Waals surface area contributed by atoms with Gasteiger partial charge in [0.2, 0.25) is 11.1 Å². The number of carbonyl (C=O) groups is 1. The Morgan fingerprint density at radius 3 is 2.58 bits per heavy atom. The van der Waals surface area contributed by atoms with Gasteiger partial charge in [0.05, 0.1) is 5.25 Å². The molecule has 0 unspecified atom stereocenters. The number of fused-ring (bicyclic) bond motifs is 1. The molecular weight excluding hydrogens is 322 g/mol. The molecule has 0 aliphatic carbocycles. The van der Waals surface area contributed by atoms with Gasteiger partial charge in [-0.3, -0.25) is 4.79 Å². The molecule has 3 aromatic rings. The van der Waals surface area contributed by atoms with E-state index in [2.05, 4.69) is 20.4 Å². The molecule has 1 amide bonds. The minimum atomic E-state index is -0.315. The number of thioether (sulfide) groups is 1. The smallest absolute Gasteiger partial charge is 0.253 e. The second-order valence-corrected chi connectivity index (χ2v) is 6.94. The Morgan fingerprint density at radius 2 is 1.88 bits per heavy atom. The Balaban J connectivity index is 1.77. The lowest BCUT2D eigenvalue weighted by Crippen LogP contribution is -2.22. The molecule has 0 aliphatic heterocycles. The van der Waals surface area contributed by atoms with E-state index in [-0.39, 0.29) is 11.2 Å². The van der Waals surface area contributed by atoms with Gasteiger partial charge in [-0.05, 0) is 45.4 Å². The number of para-hydroxylation sites is 1. The first kappa shape index (κ1) is 16.4. The molecule has 0 radical (unpaired) electrons. The van der Waals surface area contributed by atoms with Crippen LogP contribution in [0, 0.1) is 20.8 Å². The molecule has 2 aromatic heterocycles. The third-order valence-electron chi connectivity index (χ3n) is 3.93. The number of rotatable bonds is 4. The maximum Gasteiger partial charge on any atom is 0.253 e. The summed E-state index contributed by atoms with van der Waals surface area (Å²) in [6.45, 7) is 7.80. The highest BCUT2D eigenvalue weighted by atomic mass is 32.2. The summed E-state index contributed by atoms with van der Waals surface area (Å²) in [6, 6.07) is 9.40. The minimum absolute atomic E-state index is 0.0814. The number of hydrogen-bond donors (Lipinski definition) is 1. The van der Waals surface area contributed by atoms with Crippen molar-refractivity contribution in [3.8, 4) is 0 Å². The van der Waals surface area contributed by atoms with E-state index in [9.17, 15) is 4.79 Å². The van der Waals surface area contributed by atoms with Crippen LogP contribution in [0.5, 0.6) is 0 Å². The molecule has 1 aromatic carbocycles. The summed E-state index contributed by atoms with van der Waals surface area (Å²) in [7, 11) is 0. The van der Waals surface area contributed by atoms with Crippen molar-refractivity contribution < 1.29 is 4.79 Å². The van der Waals surface area contributed by atoms with Crippen molar-refractivity contribution >= 4 is 29.1 Å². The standard InChI is InChI=1S/C17H19N5OS/c1-10-11(2)18-16-20-17(21-22(16)12(10)3)24-13(4)15(23)19-14-8-6-5-7-9-14/h5-9,13H,1-4H3,(H,19,23)/t13-/m0/s1. The van der Waals surface area contributed by atoms with Gasteiger partial charge in [-0.1, -0.05) is 30.0 Å². The maximum atomic E-state index is 12.3. The number of nitrogens with one attached hydrogen (secondary N) is 1. The molecule has 2 heterocycles. The summed E-state index contributed by atoms with van der Waals surface area (Å²) in [5.41, 5.74) is 3.83. The highest BCUT2D eigenvalue weighted by Crippen LogP contribution is 2.22. The van der Waals surface area contributed by atoms with Gasteiger partial charge in [0, 0.05) is 17.1 Å². The van der Waals surface area contributed by atoms with Gasteiger partial charge in [0.1, 0.15) is 0 Å². The van der Waals surface area contributed by atoms with Crippen molar-refractivity contribution in [1.29, 1.82) is 0 Å². The summed E-state index contributed by atoms with van der Waals surface area (Å²) in [6.07, 6.45) is 0. The monoisotopic (exact) mass is 341 g/mol. The molecule has 0 fully saturated rings. The third kappa shape index (κ3) is 3.26. The molecule has 3 rings (SSSR count). The maximum absolute atomic E-state index is 12.3. The quantitative estimate of drug-likeness (QED) is 0.738. The minimum Gasteiger partial charge on any atom is -0.325 e. The van der Waals surface area contributed by atoms with Crippen LogP contribution in [0.25, 0.3) is 5.78 Å². The number of carbonyl (C=O) groups excluding carboxylic acids is 1. The molecule has 0 bridgehead atoms. The lowest BCUT2D eigenvalue weighted by atomic mass is 10.2. The molecule has 0 spiro atoms. The van der Waals surface area contributed by atoms with Crippen LogP contribution in [-0.4, -0.2) is 30.7 Å². The van der Waals surface area contributed by atoms with Gasteiger partial charge < -0.3 is 5.32 Å². The predicted octanol–water partition coefficient (Wildman–Crippen LogP) is 3.17. The largest absolute Gasteiger partial charge is 0.325 e. The zero-order valence-corrected chi connectivity index (χ0v) is 14.9. The van der Waals surface area contributed by atoms with E-state index in [0.29, 0.717) is 10.9 Å². The predicted molar refractivity (Wildman–Crippen MR) is 95.4 cm³/mol. The first-order valence-corrected chi connectivity index (χ1v) is 8.57. The van der Waals surface area contributed by atoms with Gasteiger partial charge in [-0.25, -0.2) is 9.50 Å². The molecule has 1 atom stereocenters. The number of amides is 1. The summed E-state index contributed by atoms with van der Waals surface area (Å²) >= 11 is 1.32. The van der Waals surface area contributed by atoms with E-state index < -0.39 is 0 Å². The molecular formula is C17H19N5OS. The Hall–Kier alpha value is -2.41. The van der Waals surface area contributed by atoms with Crippen LogP contribution in [0.1, 0.15) is 23.9 Å². The van der Waals surface area contributed by atoms with Gasteiger partial charge in [-0.15, -0.1) is 5.10 Å². The summed E-state index contributed by atoms with van der Waals surface area (Å²) in [5, 5.41) is 7.59. The molecule has 24 heavy (non-hydrogen) atoms. The Labute approximate surface area is 144 Å². The van der Waals surface area contributed by atoms with Gasteiger partial charge in [-0.2, -0.15) is 4.98 Å².